The molecular weight excluding hydrogens is 431 g/mol. The first-order chi connectivity index (χ1) is 15.5. The second-order valence-corrected chi connectivity index (χ2v) is 9.72. The number of hydrogen-bond acceptors (Lipinski definition) is 5. The van der Waals surface area contributed by atoms with Crippen LogP contribution < -0.4 is 11.1 Å². The molecule has 178 valence electrons. The van der Waals surface area contributed by atoms with Gasteiger partial charge in [-0.1, -0.05) is 26.0 Å². The molecule has 2 fully saturated rings. The zero-order valence-electron chi connectivity index (χ0n) is 18.9. The van der Waals surface area contributed by atoms with Crippen molar-refractivity contribution in [1.29, 1.82) is 5.26 Å². The number of nitrogens with zero attached hydrogens (tertiary/aromatic N) is 3. The van der Waals surface area contributed by atoms with Crippen molar-refractivity contribution in [3.05, 3.63) is 41.6 Å². The number of hydrogen-bond donors (Lipinski definition) is 2. The summed E-state index contributed by atoms with van der Waals surface area (Å²) >= 11 is 0. The van der Waals surface area contributed by atoms with Crippen LogP contribution in [0.3, 0.4) is 0 Å². The molecule has 0 aromatic heterocycles. The van der Waals surface area contributed by atoms with Crippen molar-refractivity contribution in [3.63, 3.8) is 0 Å². The molecule has 9 heteroatoms. The van der Waals surface area contributed by atoms with Gasteiger partial charge in [0.25, 0.3) is 0 Å². The number of halogens is 3. The number of aldehydes is 1. The molecule has 6 nitrogen and oxygen atoms in total. The van der Waals surface area contributed by atoms with E-state index in [1.54, 1.807) is 0 Å². The Hall–Kier alpha value is -2.86. The molecule has 3 N–H and O–H groups in total. The summed E-state index contributed by atoms with van der Waals surface area (Å²) in [7, 11) is 0. The van der Waals surface area contributed by atoms with Gasteiger partial charge >= 0.3 is 6.18 Å². The topological polar surface area (TPSA) is 94.5 Å². The molecule has 3 rings (SSSR count). The van der Waals surface area contributed by atoms with E-state index in [4.69, 9.17) is 5.73 Å². The summed E-state index contributed by atoms with van der Waals surface area (Å²) in [6, 6.07) is 8.21. The number of rotatable bonds is 7. The van der Waals surface area contributed by atoms with Gasteiger partial charge in [0.1, 0.15) is 5.84 Å². The minimum Gasteiger partial charge on any atom is -0.386 e. The molecule has 1 saturated heterocycles. The Morgan fingerprint density at radius 2 is 1.97 bits per heavy atom. The summed E-state index contributed by atoms with van der Waals surface area (Å²) in [5.74, 6) is -0.234. The molecule has 1 aliphatic carbocycles. The molecule has 2 aliphatic rings. The van der Waals surface area contributed by atoms with Gasteiger partial charge in [-0.2, -0.15) is 18.4 Å². The van der Waals surface area contributed by atoms with Gasteiger partial charge in [-0.25, -0.2) is 4.99 Å². The first-order valence-corrected chi connectivity index (χ1v) is 11.0. The maximum absolute atomic E-state index is 12.5. The molecule has 1 saturated carbocycles. The SMILES string of the molecule is CC1(C)CN(C2CCC(N/C=C(/C=O)C(N)=Nc3ccc(CC(F)(F)F)cc3)C(C#N)C2)C1. The van der Waals surface area contributed by atoms with Crippen LogP contribution in [0.15, 0.2) is 41.0 Å². The lowest BCUT2D eigenvalue weighted by Crippen LogP contribution is -2.59. The highest BCUT2D eigenvalue weighted by molar-refractivity contribution is 6.13. The van der Waals surface area contributed by atoms with Crippen LogP contribution in [0.2, 0.25) is 0 Å². The number of nitrogens with two attached hydrogens (primary N) is 1. The fraction of sp³-hybridized carbons (Fsp3) is 0.542. The minimum absolute atomic E-state index is 0.0499. The second kappa shape index (κ2) is 9.96. The third-order valence-corrected chi connectivity index (χ3v) is 6.23. The van der Waals surface area contributed by atoms with E-state index in [0.29, 0.717) is 23.4 Å². The lowest BCUT2D eigenvalue weighted by molar-refractivity contribution is -0.127. The van der Waals surface area contributed by atoms with Crippen LogP contribution in [0, 0.1) is 22.7 Å². The summed E-state index contributed by atoms with van der Waals surface area (Å²) in [6.07, 6.45) is -0.694. The average Bonchev–Trinajstić information content (AvgIpc) is 2.73. The Balaban J connectivity index is 1.60. The summed E-state index contributed by atoms with van der Waals surface area (Å²) in [4.78, 5) is 18.1. The van der Waals surface area contributed by atoms with Gasteiger partial charge in [0.2, 0.25) is 0 Å². The molecular formula is C24H30F3N5O. The molecule has 3 unspecified atom stereocenters. The molecule has 1 aliphatic heterocycles. The molecule has 1 aromatic carbocycles. The summed E-state index contributed by atoms with van der Waals surface area (Å²) < 4.78 is 37.5. The van der Waals surface area contributed by atoms with E-state index < -0.39 is 12.6 Å². The third-order valence-electron chi connectivity index (χ3n) is 6.23. The number of alkyl halides is 3. The van der Waals surface area contributed by atoms with Crippen LogP contribution in [0.1, 0.15) is 38.7 Å². The van der Waals surface area contributed by atoms with Crippen molar-refractivity contribution in [2.45, 2.75) is 57.8 Å². The first kappa shape index (κ1) is 24.8. The van der Waals surface area contributed by atoms with Gasteiger partial charge in [0.15, 0.2) is 6.29 Å². The molecule has 33 heavy (non-hydrogen) atoms. The maximum Gasteiger partial charge on any atom is 0.393 e. The van der Waals surface area contributed by atoms with Gasteiger partial charge in [-0.05, 0) is 42.4 Å². The number of aliphatic imine (C=N–C) groups is 1. The lowest BCUT2D eigenvalue weighted by atomic mass is 9.77. The predicted octanol–water partition coefficient (Wildman–Crippen LogP) is 3.86. The Kier molecular flexibility index (Phi) is 7.48. The van der Waals surface area contributed by atoms with Crippen LogP contribution in [-0.2, 0) is 11.2 Å². The van der Waals surface area contributed by atoms with Crippen LogP contribution in [0.4, 0.5) is 18.9 Å². The largest absolute Gasteiger partial charge is 0.393 e. The molecule has 0 spiro atoms. The van der Waals surface area contributed by atoms with Crippen LogP contribution in [0.5, 0.6) is 0 Å². The van der Waals surface area contributed by atoms with Gasteiger partial charge in [0, 0.05) is 31.4 Å². The summed E-state index contributed by atoms with van der Waals surface area (Å²) in [5, 5.41) is 12.8. The van der Waals surface area contributed by atoms with Crippen molar-refractivity contribution < 1.29 is 18.0 Å². The van der Waals surface area contributed by atoms with E-state index in [2.05, 4.69) is 35.1 Å². The van der Waals surface area contributed by atoms with E-state index in [0.717, 1.165) is 32.4 Å². The lowest BCUT2D eigenvalue weighted by Gasteiger charge is -2.52. The van der Waals surface area contributed by atoms with Gasteiger partial charge in [0.05, 0.1) is 29.7 Å². The Bertz CT molecular complexity index is 938. The van der Waals surface area contributed by atoms with Gasteiger partial charge < -0.3 is 11.1 Å². The van der Waals surface area contributed by atoms with Crippen LogP contribution in [-0.4, -0.2) is 48.4 Å². The Morgan fingerprint density at radius 3 is 2.52 bits per heavy atom. The van der Waals surface area contributed by atoms with E-state index in [1.807, 2.05) is 0 Å². The average molecular weight is 462 g/mol. The monoisotopic (exact) mass is 461 g/mol. The quantitative estimate of drug-likeness (QED) is 0.278. The molecule has 3 atom stereocenters. The number of carbonyl (C=O) groups is 1. The summed E-state index contributed by atoms with van der Waals surface area (Å²) in [6.45, 7) is 6.58. The summed E-state index contributed by atoms with van der Waals surface area (Å²) in [5.41, 5.74) is 6.88. The standard InChI is InChI=1S/C24H30F3N5O/c1-23(2)14-32(15-23)20-7-8-21(17(9-20)11-28)30-12-18(13-33)22(29)31-19-5-3-16(4-6-19)10-24(25,26)27/h3-6,12-13,17,20-21,30H,7-10,14-15H2,1-2H3,(H2,29,31)/b18-12-. The van der Waals surface area contributed by atoms with E-state index in [-0.39, 0.29) is 28.9 Å². The van der Waals surface area contributed by atoms with Crippen LogP contribution in [0.25, 0.3) is 0 Å². The number of nitrogens with one attached hydrogen (secondary N) is 1. The molecule has 0 amide bonds. The zero-order valence-corrected chi connectivity index (χ0v) is 18.9. The second-order valence-electron chi connectivity index (χ2n) is 9.72. The van der Waals surface area contributed by atoms with Crippen LogP contribution >= 0.6 is 0 Å². The molecule has 1 heterocycles. The first-order valence-electron chi connectivity index (χ1n) is 11.0. The maximum atomic E-state index is 12.5. The van der Waals surface area contributed by atoms with Crippen molar-refractivity contribution in [2.24, 2.45) is 22.1 Å². The number of amidine groups is 1. The fourth-order valence-corrected chi connectivity index (χ4v) is 4.62. The van der Waals surface area contributed by atoms with Gasteiger partial charge in [-0.3, -0.25) is 9.69 Å². The van der Waals surface area contributed by atoms with E-state index in [9.17, 15) is 23.2 Å². The minimum atomic E-state index is -4.28. The number of benzene rings is 1. The Labute approximate surface area is 192 Å². The molecule has 0 radical (unpaired) electrons. The van der Waals surface area contributed by atoms with Gasteiger partial charge in [-0.15, -0.1) is 0 Å². The zero-order chi connectivity index (χ0) is 24.2. The van der Waals surface area contributed by atoms with E-state index >= 15 is 0 Å². The van der Waals surface area contributed by atoms with Crippen molar-refractivity contribution >= 4 is 17.8 Å². The number of carbonyl (C=O) groups excluding carboxylic acids is 1. The Morgan fingerprint density at radius 1 is 1.30 bits per heavy atom. The van der Waals surface area contributed by atoms with Crippen molar-refractivity contribution in [1.82, 2.24) is 10.2 Å². The predicted molar refractivity (Wildman–Crippen MR) is 121 cm³/mol. The number of likely N-dealkylation sites (tertiary alicyclic amines) is 1. The van der Waals surface area contributed by atoms with E-state index in [1.165, 1.54) is 30.5 Å². The fourth-order valence-electron chi connectivity index (χ4n) is 4.62. The molecule has 0 bridgehead atoms. The smallest absolute Gasteiger partial charge is 0.386 e. The highest BCUT2D eigenvalue weighted by Gasteiger charge is 2.41. The van der Waals surface area contributed by atoms with Crippen molar-refractivity contribution in [3.8, 4) is 6.07 Å². The number of nitriles is 1. The molecule has 1 aromatic rings. The normalized spacial score (nSPS) is 26.2. The van der Waals surface area contributed by atoms with Crippen molar-refractivity contribution in [2.75, 3.05) is 13.1 Å². The third kappa shape index (κ3) is 6.81. The highest BCUT2D eigenvalue weighted by atomic mass is 19.4. The highest BCUT2D eigenvalue weighted by Crippen LogP contribution is 2.36.